The van der Waals surface area contributed by atoms with Gasteiger partial charge in [-0.1, -0.05) is 29.8 Å². The highest BCUT2D eigenvalue weighted by Crippen LogP contribution is 2.34. The molecule has 0 saturated carbocycles. The standard InChI is InChI=1S/C20H17ClF2N2O3/c1-3-27-17-9-4-6-13(18(17)28-20(22)23)10-14(11-24)19(26)25-16-8-5-7-15(21)12(16)2/h4-10,20H,3H2,1-2H3,(H,25,26)/b14-10+. The largest absolute Gasteiger partial charge is 0.490 e. The zero-order chi connectivity index (χ0) is 20.7. The van der Waals surface area contributed by atoms with Crippen molar-refractivity contribution < 1.29 is 23.0 Å². The number of ether oxygens (including phenoxy) is 2. The highest BCUT2D eigenvalue weighted by atomic mass is 35.5. The number of nitrogens with zero attached hydrogens (tertiary/aromatic N) is 1. The number of carbonyl (C=O) groups excluding carboxylic acids is 1. The number of benzene rings is 2. The Bertz CT molecular complexity index is 940. The van der Waals surface area contributed by atoms with Crippen LogP contribution >= 0.6 is 11.6 Å². The van der Waals surface area contributed by atoms with Gasteiger partial charge in [0.1, 0.15) is 11.6 Å². The maximum Gasteiger partial charge on any atom is 0.387 e. The SMILES string of the molecule is CCOc1cccc(/C=C(\C#N)C(=O)Nc2cccc(Cl)c2C)c1OC(F)F. The molecule has 0 aliphatic carbocycles. The second-order valence-corrected chi connectivity index (χ2v) is 5.93. The summed E-state index contributed by atoms with van der Waals surface area (Å²) in [5, 5.41) is 12.4. The lowest BCUT2D eigenvalue weighted by Crippen LogP contribution is -2.14. The number of carbonyl (C=O) groups is 1. The van der Waals surface area contributed by atoms with Crippen LogP contribution in [0.4, 0.5) is 14.5 Å². The first-order valence-electron chi connectivity index (χ1n) is 8.26. The molecule has 2 aromatic rings. The maximum absolute atomic E-state index is 12.8. The molecule has 0 saturated heterocycles. The van der Waals surface area contributed by atoms with Crippen LogP contribution in [0.1, 0.15) is 18.1 Å². The van der Waals surface area contributed by atoms with Gasteiger partial charge >= 0.3 is 6.61 Å². The van der Waals surface area contributed by atoms with Gasteiger partial charge in [-0.05, 0) is 43.7 Å². The maximum atomic E-state index is 12.8. The van der Waals surface area contributed by atoms with Gasteiger partial charge in [-0.25, -0.2) is 0 Å². The molecule has 0 bridgehead atoms. The van der Waals surface area contributed by atoms with Crippen LogP contribution in [-0.2, 0) is 4.79 Å². The molecule has 0 spiro atoms. The van der Waals surface area contributed by atoms with Gasteiger partial charge in [0.25, 0.3) is 5.91 Å². The van der Waals surface area contributed by atoms with Crippen molar-refractivity contribution >= 4 is 29.3 Å². The highest BCUT2D eigenvalue weighted by molar-refractivity contribution is 6.31. The number of rotatable bonds is 7. The summed E-state index contributed by atoms with van der Waals surface area (Å²) in [6.45, 7) is 0.540. The number of para-hydroxylation sites is 1. The van der Waals surface area contributed by atoms with Crippen LogP contribution in [0.2, 0.25) is 5.02 Å². The molecular weight excluding hydrogens is 390 g/mol. The number of anilines is 1. The van der Waals surface area contributed by atoms with E-state index < -0.39 is 12.5 Å². The van der Waals surface area contributed by atoms with E-state index in [1.165, 1.54) is 12.1 Å². The zero-order valence-electron chi connectivity index (χ0n) is 15.1. The van der Waals surface area contributed by atoms with E-state index in [0.717, 1.165) is 6.08 Å². The lowest BCUT2D eigenvalue weighted by atomic mass is 10.1. The Kier molecular flexibility index (Phi) is 7.36. The van der Waals surface area contributed by atoms with Crippen LogP contribution in [0.5, 0.6) is 11.5 Å². The van der Waals surface area contributed by atoms with E-state index in [0.29, 0.717) is 16.3 Å². The molecule has 0 heterocycles. The average molecular weight is 407 g/mol. The van der Waals surface area contributed by atoms with Crippen LogP contribution in [0.3, 0.4) is 0 Å². The number of amides is 1. The Balaban J connectivity index is 2.40. The zero-order valence-corrected chi connectivity index (χ0v) is 15.9. The van der Waals surface area contributed by atoms with Gasteiger partial charge in [0, 0.05) is 16.3 Å². The average Bonchev–Trinajstić information content (AvgIpc) is 2.65. The molecule has 0 atom stereocenters. The molecule has 1 N–H and O–H groups in total. The van der Waals surface area contributed by atoms with Crippen molar-refractivity contribution in [3.05, 3.63) is 58.1 Å². The first-order valence-corrected chi connectivity index (χ1v) is 8.64. The molecule has 5 nitrogen and oxygen atoms in total. The van der Waals surface area contributed by atoms with E-state index in [-0.39, 0.29) is 29.2 Å². The summed E-state index contributed by atoms with van der Waals surface area (Å²) in [5.41, 5.74) is 0.883. The summed E-state index contributed by atoms with van der Waals surface area (Å²) in [7, 11) is 0. The third-order valence-corrected chi connectivity index (χ3v) is 4.11. The van der Waals surface area contributed by atoms with Gasteiger partial charge in [0.15, 0.2) is 11.5 Å². The van der Waals surface area contributed by atoms with Gasteiger partial charge in [-0.15, -0.1) is 0 Å². The predicted octanol–water partition coefficient (Wildman–Crippen LogP) is 5.19. The second-order valence-electron chi connectivity index (χ2n) is 5.52. The number of alkyl halides is 2. The van der Waals surface area contributed by atoms with Gasteiger partial charge in [-0.2, -0.15) is 14.0 Å². The van der Waals surface area contributed by atoms with Crippen molar-refractivity contribution in [2.24, 2.45) is 0 Å². The van der Waals surface area contributed by atoms with Gasteiger partial charge < -0.3 is 14.8 Å². The van der Waals surface area contributed by atoms with Gasteiger partial charge in [-0.3, -0.25) is 4.79 Å². The summed E-state index contributed by atoms with van der Waals surface area (Å²) in [6.07, 6.45) is 1.16. The summed E-state index contributed by atoms with van der Waals surface area (Å²) >= 11 is 6.02. The van der Waals surface area contributed by atoms with Crippen LogP contribution < -0.4 is 14.8 Å². The minimum absolute atomic E-state index is 0.0833. The predicted molar refractivity (Wildman–Crippen MR) is 103 cm³/mol. The molecule has 146 valence electrons. The summed E-state index contributed by atoms with van der Waals surface area (Å²) in [6, 6.07) is 11.2. The topological polar surface area (TPSA) is 71.3 Å². The molecule has 0 aliphatic rings. The van der Waals surface area contributed by atoms with Crippen molar-refractivity contribution in [2.45, 2.75) is 20.5 Å². The molecule has 8 heteroatoms. The van der Waals surface area contributed by atoms with Gasteiger partial charge in [0.05, 0.1) is 6.61 Å². The molecule has 0 unspecified atom stereocenters. The van der Waals surface area contributed by atoms with Crippen LogP contribution in [0.25, 0.3) is 6.08 Å². The fourth-order valence-corrected chi connectivity index (χ4v) is 2.54. The van der Waals surface area contributed by atoms with Crippen molar-refractivity contribution in [2.75, 3.05) is 11.9 Å². The minimum Gasteiger partial charge on any atom is -0.490 e. The molecule has 28 heavy (non-hydrogen) atoms. The van der Waals surface area contributed by atoms with E-state index >= 15 is 0 Å². The number of hydrogen-bond donors (Lipinski definition) is 1. The molecule has 1 amide bonds. The fraction of sp³-hybridized carbons (Fsp3) is 0.200. The molecule has 0 radical (unpaired) electrons. The summed E-state index contributed by atoms with van der Waals surface area (Å²) in [5.74, 6) is -0.878. The molecule has 0 aliphatic heterocycles. The van der Waals surface area contributed by atoms with E-state index in [9.17, 15) is 18.8 Å². The molecule has 0 aromatic heterocycles. The number of nitriles is 1. The molecule has 2 aromatic carbocycles. The summed E-state index contributed by atoms with van der Waals surface area (Å²) in [4.78, 5) is 12.5. The Morgan fingerprint density at radius 2 is 2.04 bits per heavy atom. The van der Waals surface area contributed by atoms with E-state index in [2.05, 4.69) is 10.1 Å². The minimum atomic E-state index is -3.10. The second kappa shape index (κ2) is 9.72. The fourth-order valence-electron chi connectivity index (χ4n) is 2.37. The van der Waals surface area contributed by atoms with Crippen molar-refractivity contribution in [3.8, 4) is 17.6 Å². The van der Waals surface area contributed by atoms with E-state index in [1.54, 1.807) is 44.2 Å². The first kappa shape index (κ1) is 21.2. The lowest BCUT2D eigenvalue weighted by molar-refractivity contribution is -0.112. The molecule has 2 rings (SSSR count). The van der Waals surface area contributed by atoms with E-state index in [4.69, 9.17) is 16.3 Å². The number of halogens is 3. The normalized spacial score (nSPS) is 11.1. The van der Waals surface area contributed by atoms with Crippen LogP contribution in [0, 0.1) is 18.3 Å². The Morgan fingerprint density at radius 1 is 1.32 bits per heavy atom. The molecular formula is C20H17ClF2N2O3. The summed E-state index contributed by atoms with van der Waals surface area (Å²) < 4.78 is 35.5. The van der Waals surface area contributed by atoms with Crippen molar-refractivity contribution in [1.82, 2.24) is 0 Å². The van der Waals surface area contributed by atoms with Crippen LogP contribution in [-0.4, -0.2) is 19.1 Å². The Morgan fingerprint density at radius 3 is 2.68 bits per heavy atom. The van der Waals surface area contributed by atoms with E-state index in [1.807, 2.05) is 0 Å². The van der Waals surface area contributed by atoms with Crippen molar-refractivity contribution in [1.29, 1.82) is 5.26 Å². The lowest BCUT2D eigenvalue weighted by Gasteiger charge is -2.14. The third-order valence-electron chi connectivity index (χ3n) is 3.70. The van der Waals surface area contributed by atoms with Gasteiger partial charge in [0.2, 0.25) is 0 Å². The monoisotopic (exact) mass is 406 g/mol. The highest BCUT2D eigenvalue weighted by Gasteiger charge is 2.17. The molecule has 0 fully saturated rings. The number of hydrogen-bond acceptors (Lipinski definition) is 4. The smallest absolute Gasteiger partial charge is 0.387 e. The van der Waals surface area contributed by atoms with Crippen LogP contribution in [0.15, 0.2) is 42.0 Å². The number of nitrogens with one attached hydrogen (secondary N) is 1. The Hall–Kier alpha value is -3.11. The Labute approximate surface area is 166 Å². The first-order chi connectivity index (χ1) is 13.4. The quantitative estimate of drug-likeness (QED) is 0.507. The third kappa shape index (κ3) is 5.21. The van der Waals surface area contributed by atoms with Crippen molar-refractivity contribution in [3.63, 3.8) is 0 Å².